The Balaban J connectivity index is 1.91. The number of fused-ring (bicyclic) bond motifs is 3. The number of aromatic amines is 1. The summed E-state index contributed by atoms with van der Waals surface area (Å²) in [5.41, 5.74) is 4.23. The molecule has 0 aliphatic carbocycles. The minimum atomic E-state index is -1.02. The van der Waals surface area contributed by atoms with Crippen LogP contribution in [0.4, 0.5) is 0 Å². The monoisotopic (exact) mass is 293 g/mol. The Hall–Kier alpha value is -2.66. The number of quaternary nitrogens is 1. The molecule has 3 aromatic rings. The van der Waals surface area contributed by atoms with Crippen LogP contribution < -0.4 is 10.4 Å². The van der Waals surface area contributed by atoms with Crippen LogP contribution in [0.15, 0.2) is 48.8 Å². The van der Waals surface area contributed by atoms with Gasteiger partial charge >= 0.3 is 0 Å². The summed E-state index contributed by atoms with van der Waals surface area (Å²) in [6.07, 6.45) is 3.94. The number of hydrogen-bond donors (Lipinski definition) is 2. The summed E-state index contributed by atoms with van der Waals surface area (Å²) in [4.78, 5) is 18.9. The third kappa shape index (κ3) is 1.98. The van der Waals surface area contributed by atoms with Crippen LogP contribution in [-0.4, -0.2) is 22.0 Å². The lowest BCUT2D eigenvalue weighted by atomic mass is 9.91. The lowest BCUT2D eigenvalue weighted by molar-refractivity contribution is -0.717. The Morgan fingerprint density at radius 3 is 2.77 bits per heavy atom. The Kier molecular flexibility index (Phi) is 2.94. The molecule has 0 fully saturated rings. The number of carboxylic acid groups (broad SMARTS) is 1. The number of pyridine rings is 1. The van der Waals surface area contributed by atoms with Gasteiger partial charge in [-0.05, 0) is 23.8 Å². The van der Waals surface area contributed by atoms with Gasteiger partial charge in [-0.3, -0.25) is 4.98 Å². The lowest BCUT2D eigenvalue weighted by Crippen LogP contribution is -2.95. The van der Waals surface area contributed by atoms with Gasteiger partial charge in [-0.2, -0.15) is 0 Å². The third-order valence-electron chi connectivity index (χ3n) is 4.37. The zero-order valence-electron chi connectivity index (χ0n) is 11.8. The van der Waals surface area contributed by atoms with Crippen LogP contribution in [0, 0.1) is 0 Å². The number of aromatic nitrogens is 2. The first kappa shape index (κ1) is 13.0. The van der Waals surface area contributed by atoms with E-state index in [9.17, 15) is 9.90 Å². The van der Waals surface area contributed by atoms with E-state index in [1.54, 1.807) is 12.4 Å². The van der Waals surface area contributed by atoms with E-state index < -0.39 is 12.0 Å². The lowest BCUT2D eigenvalue weighted by Gasteiger charge is -2.28. The molecule has 1 aliphatic rings. The van der Waals surface area contributed by atoms with Gasteiger partial charge in [0.1, 0.15) is 6.04 Å². The van der Waals surface area contributed by atoms with Gasteiger partial charge in [-0.15, -0.1) is 0 Å². The van der Waals surface area contributed by atoms with Crippen molar-refractivity contribution in [1.82, 2.24) is 9.97 Å². The van der Waals surface area contributed by atoms with Gasteiger partial charge < -0.3 is 20.2 Å². The fourth-order valence-electron chi connectivity index (χ4n) is 3.33. The summed E-state index contributed by atoms with van der Waals surface area (Å²) in [7, 11) is 0. The first-order valence-electron chi connectivity index (χ1n) is 7.29. The van der Waals surface area contributed by atoms with Gasteiger partial charge in [-0.25, -0.2) is 0 Å². The molecule has 0 unspecified atom stereocenters. The molecule has 2 aromatic heterocycles. The number of nitrogens with one attached hydrogen (secondary N) is 1. The van der Waals surface area contributed by atoms with E-state index in [0.29, 0.717) is 6.42 Å². The van der Waals surface area contributed by atoms with Gasteiger partial charge in [0, 0.05) is 35.3 Å². The van der Waals surface area contributed by atoms with Crippen LogP contribution >= 0.6 is 0 Å². The maximum atomic E-state index is 11.4. The van der Waals surface area contributed by atoms with Crippen molar-refractivity contribution >= 4 is 16.9 Å². The van der Waals surface area contributed by atoms with Crippen molar-refractivity contribution < 1.29 is 15.2 Å². The van der Waals surface area contributed by atoms with Crippen LogP contribution in [0.2, 0.25) is 0 Å². The second-order valence-electron chi connectivity index (χ2n) is 5.64. The molecule has 22 heavy (non-hydrogen) atoms. The molecule has 0 spiro atoms. The van der Waals surface area contributed by atoms with Crippen LogP contribution in [0.3, 0.4) is 0 Å². The van der Waals surface area contributed by atoms with E-state index in [-0.39, 0.29) is 6.04 Å². The van der Waals surface area contributed by atoms with Gasteiger partial charge in [0.15, 0.2) is 6.04 Å². The Labute approximate surface area is 127 Å². The van der Waals surface area contributed by atoms with Crippen molar-refractivity contribution in [3.05, 3.63) is 65.6 Å². The molecule has 0 saturated carbocycles. The number of aliphatic carboxylic acids is 1. The fourth-order valence-corrected chi connectivity index (χ4v) is 3.33. The summed E-state index contributed by atoms with van der Waals surface area (Å²) in [6.45, 7) is 0. The average molecular weight is 293 g/mol. The summed E-state index contributed by atoms with van der Waals surface area (Å²) in [5, 5.41) is 14.4. The predicted octanol–water partition coefficient (Wildman–Crippen LogP) is -0.110. The Morgan fingerprint density at radius 2 is 2.00 bits per heavy atom. The number of para-hydroxylation sites is 1. The molecule has 3 N–H and O–H groups in total. The van der Waals surface area contributed by atoms with Gasteiger partial charge in [0.2, 0.25) is 0 Å². The topological polar surface area (TPSA) is 85.4 Å². The zero-order chi connectivity index (χ0) is 15.1. The van der Waals surface area contributed by atoms with E-state index in [1.165, 1.54) is 0 Å². The second-order valence-corrected chi connectivity index (χ2v) is 5.64. The second kappa shape index (κ2) is 4.96. The van der Waals surface area contributed by atoms with E-state index in [2.05, 4.69) is 9.97 Å². The standard InChI is InChI=1S/C17H15N3O2/c21-17(22)14-9-12-11-3-1-2-4-13(11)19-16(12)15(20-14)10-5-7-18-8-6-10/h1-8,14-15,19-20H,9H2,(H,21,22)/t14-,15-/m0/s1. The third-order valence-corrected chi connectivity index (χ3v) is 4.37. The first-order chi connectivity index (χ1) is 10.7. The van der Waals surface area contributed by atoms with Crippen LogP contribution in [0.25, 0.3) is 10.9 Å². The molecule has 0 radical (unpaired) electrons. The number of rotatable bonds is 2. The number of H-pyrrole nitrogens is 1. The minimum absolute atomic E-state index is 0.0814. The minimum Gasteiger partial charge on any atom is -0.544 e. The quantitative estimate of drug-likeness (QED) is 0.691. The molecule has 1 aliphatic heterocycles. The first-order valence-corrected chi connectivity index (χ1v) is 7.29. The van der Waals surface area contributed by atoms with Crippen molar-refractivity contribution in [1.29, 1.82) is 0 Å². The number of carboxylic acids is 1. The van der Waals surface area contributed by atoms with Crippen molar-refractivity contribution in [2.45, 2.75) is 18.5 Å². The number of nitrogens with zero attached hydrogens (tertiary/aromatic N) is 1. The highest BCUT2D eigenvalue weighted by molar-refractivity contribution is 5.86. The Morgan fingerprint density at radius 1 is 1.23 bits per heavy atom. The highest BCUT2D eigenvalue weighted by Gasteiger charge is 2.34. The molecule has 4 rings (SSSR count). The highest BCUT2D eigenvalue weighted by Crippen LogP contribution is 2.31. The predicted molar refractivity (Wildman–Crippen MR) is 78.8 cm³/mol. The van der Waals surface area contributed by atoms with E-state index in [1.807, 2.05) is 41.7 Å². The molecule has 1 aromatic carbocycles. The van der Waals surface area contributed by atoms with E-state index in [0.717, 1.165) is 27.7 Å². The van der Waals surface area contributed by atoms with Crippen molar-refractivity contribution in [3.63, 3.8) is 0 Å². The van der Waals surface area contributed by atoms with Crippen LogP contribution in [0.5, 0.6) is 0 Å². The number of benzene rings is 1. The normalized spacial score (nSPS) is 20.7. The smallest absolute Gasteiger partial charge is 0.153 e. The maximum absolute atomic E-state index is 11.4. The van der Waals surface area contributed by atoms with Crippen LogP contribution in [-0.2, 0) is 11.2 Å². The van der Waals surface area contributed by atoms with E-state index >= 15 is 0 Å². The molecule has 2 atom stereocenters. The number of hydrogen-bond acceptors (Lipinski definition) is 3. The number of carbonyl (C=O) groups is 1. The number of carbonyl (C=O) groups excluding carboxylic acids is 1. The molecule has 0 bridgehead atoms. The fraction of sp³-hybridized carbons (Fsp3) is 0.176. The van der Waals surface area contributed by atoms with Gasteiger partial charge in [0.05, 0.1) is 11.7 Å². The SMILES string of the molecule is O=C([O-])[C@@H]1Cc2c([nH]c3ccccc23)[C@H](c2ccncc2)[NH2+]1. The maximum Gasteiger partial charge on any atom is 0.153 e. The molecular formula is C17H15N3O2. The summed E-state index contributed by atoms with van der Waals surface area (Å²) < 4.78 is 0. The summed E-state index contributed by atoms with van der Waals surface area (Å²) in [5.74, 6) is -1.02. The van der Waals surface area contributed by atoms with Crippen molar-refractivity contribution in [2.75, 3.05) is 0 Å². The van der Waals surface area contributed by atoms with E-state index in [4.69, 9.17) is 0 Å². The number of nitrogens with two attached hydrogens (primary N) is 1. The van der Waals surface area contributed by atoms with Gasteiger partial charge in [0.25, 0.3) is 0 Å². The summed E-state index contributed by atoms with van der Waals surface area (Å²) in [6, 6.07) is 11.2. The highest BCUT2D eigenvalue weighted by atomic mass is 16.4. The summed E-state index contributed by atoms with van der Waals surface area (Å²) >= 11 is 0. The van der Waals surface area contributed by atoms with Gasteiger partial charge in [-0.1, -0.05) is 18.2 Å². The molecular weight excluding hydrogens is 278 g/mol. The molecule has 5 heteroatoms. The average Bonchev–Trinajstić information content (AvgIpc) is 2.93. The van der Waals surface area contributed by atoms with Crippen LogP contribution in [0.1, 0.15) is 22.9 Å². The largest absolute Gasteiger partial charge is 0.544 e. The molecule has 3 heterocycles. The Bertz CT molecular complexity index is 841. The van der Waals surface area contributed by atoms with Crippen molar-refractivity contribution in [3.8, 4) is 0 Å². The molecule has 0 amide bonds. The molecule has 0 saturated heterocycles. The van der Waals surface area contributed by atoms with Crippen molar-refractivity contribution in [2.24, 2.45) is 0 Å². The molecule has 5 nitrogen and oxygen atoms in total. The molecule has 110 valence electrons. The zero-order valence-corrected chi connectivity index (χ0v) is 11.8.